The van der Waals surface area contributed by atoms with E-state index < -0.39 is 6.10 Å². The van der Waals surface area contributed by atoms with Gasteiger partial charge in [-0.1, -0.05) is 5.16 Å². The molecule has 1 saturated heterocycles. The highest BCUT2D eigenvalue weighted by Crippen LogP contribution is 2.23. The third-order valence-electron chi connectivity index (χ3n) is 2.34. The van der Waals surface area contributed by atoms with E-state index in [4.69, 9.17) is 9.26 Å². The van der Waals surface area contributed by atoms with Gasteiger partial charge in [0.25, 0.3) is 5.89 Å². The largest absolute Gasteiger partial charge is 0.384 e. The Kier molecular flexibility index (Phi) is 2.79. The van der Waals surface area contributed by atoms with E-state index in [-0.39, 0.29) is 11.8 Å². The number of ether oxygens (including phenoxy) is 1. The van der Waals surface area contributed by atoms with Gasteiger partial charge in [-0.15, -0.1) is 0 Å². The Morgan fingerprint density at radius 3 is 3.00 bits per heavy atom. The van der Waals surface area contributed by atoms with Crippen LogP contribution in [-0.4, -0.2) is 28.5 Å². The third kappa shape index (κ3) is 1.93. The summed E-state index contributed by atoms with van der Waals surface area (Å²) < 4.78 is 10.2. The summed E-state index contributed by atoms with van der Waals surface area (Å²) in [6.07, 6.45) is 1.36. The van der Waals surface area contributed by atoms with Crippen LogP contribution in [0.3, 0.4) is 0 Å². The lowest BCUT2D eigenvalue weighted by molar-refractivity contribution is 0.0773. The second-order valence-electron chi connectivity index (χ2n) is 3.58. The van der Waals surface area contributed by atoms with E-state index in [0.717, 1.165) is 19.4 Å². The van der Waals surface area contributed by atoms with Crippen molar-refractivity contribution < 1.29 is 14.4 Å². The van der Waals surface area contributed by atoms with Crippen molar-refractivity contribution in [3.8, 4) is 0 Å². The van der Waals surface area contributed by atoms with E-state index in [1.54, 1.807) is 6.92 Å². The Morgan fingerprint density at radius 1 is 1.57 bits per heavy atom. The van der Waals surface area contributed by atoms with Crippen LogP contribution in [0.2, 0.25) is 0 Å². The number of hydrogen-bond donors (Lipinski definition) is 1. The molecule has 1 N–H and O–H groups in total. The zero-order valence-electron chi connectivity index (χ0n) is 8.14. The molecule has 1 aromatic rings. The first-order chi connectivity index (χ1) is 6.77. The summed E-state index contributed by atoms with van der Waals surface area (Å²) in [5.74, 6) is 1.16. The molecule has 0 aromatic carbocycles. The number of nitrogens with zero attached hydrogens (tertiary/aromatic N) is 2. The molecule has 0 spiro atoms. The number of aliphatic hydroxyl groups is 1. The monoisotopic (exact) mass is 198 g/mol. The molecule has 2 heterocycles. The van der Waals surface area contributed by atoms with Gasteiger partial charge in [0.1, 0.15) is 6.10 Å². The lowest BCUT2D eigenvalue weighted by Crippen LogP contribution is -2.16. The fraction of sp³-hybridized carbons (Fsp3) is 0.778. The Bertz CT molecular complexity index is 292. The maximum atomic E-state index is 9.21. The summed E-state index contributed by atoms with van der Waals surface area (Å²) in [4.78, 5) is 4.13. The number of hydrogen-bond acceptors (Lipinski definition) is 5. The first-order valence-electron chi connectivity index (χ1n) is 4.86. The van der Waals surface area contributed by atoms with Crippen molar-refractivity contribution in [2.24, 2.45) is 0 Å². The second-order valence-corrected chi connectivity index (χ2v) is 3.58. The van der Waals surface area contributed by atoms with Gasteiger partial charge in [-0.3, -0.25) is 0 Å². The average Bonchev–Trinajstić information content (AvgIpc) is 2.68. The average molecular weight is 198 g/mol. The van der Waals surface area contributed by atoms with Gasteiger partial charge in [-0.05, 0) is 19.8 Å². The zero-order valence-corrected chi connectivity index (χ0v) is 8.14. The van der Waals surface area contributed by atoms with Gasteiger partial charge in [0.05, 0.1) is 6.61 Å². The standard InChI is InChI=1S/C9H14N2O3/c1-6(12)9-10-8(11-14-9)7-3-2-4-13-5-7/h6-7,12H,2-5H2,1H3/t6-,7?/m0/s1. The van der Waals surface area contributed by atoms with Crippen LogP contribution in [0.1, 0.15) is 43.5 Å². The summed E-state index contributed by atoms with van der Waals surface area (Å²) in [6.45, 7) is 3.07. The molecule has 2 atom stereocenters. The quantitative estimate of drug-likeness (QED) is 0.768. The molecule has 5 nitrogen and oxygen atoms in total. The van der Waals surface area contributed by atoms with E-state index in [1.807, 2.05) is 0 Å². The minimum absolute atomic E-state index is 0.222. The Labute approximate surface area is 82.1 Å². The number of rotatable bonds is 2. The highest BCUT2D eigenvalue weighted by Gasteiger charge is 2.22. The predicted octanol–water partition coefficient (Wildman–Crippen LogP) is 1.02. The molecular weight excluding hydrogens is 184 g/mol. The van der Waals surface area contributed by atoms with Gasteiger partial charge in [0.2, 0.25) is 0 Å². The van der Waals surface area contributed by atoms with Crippen molar-refractivity contribution in [3.63, 3.8) is 0 Å². The number of aromatic nitrogens is 2. The van der Waals surface area contributed by atoms with Gasteiger partial charge in [0.15, 0.2) is 5.82 Å². The molecule has 0 radical (unpaired) electrons. The summed E-state index contributed by atoms with van der Waals surface area (Å²) >= 11 is 0. The van der Waals surface area contributed by atoms with Crippen molar-refractivity contribution in [1.29, 1.82) is 0 Å². The summed E-state index contributed by atoms with van der Waals surface area (Å²) in [5.41, 5.74) is 0. The van der Waals surface area contributed by atoms with Gasteiger partial charge in [0, 0.05) is 12.5 Å². The van der Waals surface area contributed by atoms with Crippen LogP contribution >= 0.6 is 0 Å². The van der Waals surface area contributed by atoms with Crippen molar-refractivity contribution in [3.05, 3.63) is 11.7 Å². The number of aliphatic hydroxyl groups excluding tert-OH is 1. The Balaban J connectivity index is 2.07. The zero-order chi connectivity index (χ0) is 9.97. The maximum Gasteiger partial charge on any atom is 0.255 e. The fourth-order valence-electron chi connectivity index (χ4n) is 1.53. The maximum absolute atomic E-state index is 9.21. The third-order valence-corrected chi connectivity index (χ3v) is 2.34. The Hall–Kier alpha value is -0.940. The van der Waals surface area contributed by atoms with Gasteiger partial charge >= 0.3 is 0 Å². The van der Waals surface area contributed by atoms with Crippen LogP contribution in [0.5, 0.6) is 0 Å². The van der Waals surface area contributed by atoms with Gasteiger partial charge in [-0.2, -0.15) is 4.98 Å². The molecule has 14 heavy (non-hydrogen) atoms. The molecule has 1 aromatic heterocycles. The minimum atomic E-state index is -0.694. The molecule has 0 aliphatic carbocycles. The predicted molar refractivity (Wildman–Crippen MR) is 47.7 cm³/mol. The van der Waals surface area contributed by atoms with E-state index in [0.29, 0.717) is 12.4 Å². The Morgan fingerprint density at radius 2 is 2.43 bits per heavy atom. The molecule has 1 aliphatic rings. The molecule has 0 saturated carbocycles. The molecular formula is C9H14N2O3. The minimum Gasteiger partial charge on any atom is -0.384 e. The normalized spacial score (nSPS) is 24.9. The van der Waals surface area contributed by atoms with Crippen LogP contribution in [0, 0.1) is 0 Å². The first-order valence-corrected chi connectivity index (χ1v) is 4.86. The van der Waals surface area contributed by atoms with Crippen LogP contribution < -0.4 is 0 Å². The molecule has 78 valence electrons. The molecule has 0 bridgehead atoms. The molecule has 2 rings (SSSR count). The first kappa shape index (κ1) is 9.61. The summed E-state index contributed by atoms with van der Waals surface area (Å²) in [6, 6.07) is 0. The molecule has 0 amide bonds. The van der Waals surface area contributed by atoms with Crippen molar-refractivity contribution in [2.45, 2.75) is 31.8 Å². The van der Waals surface area contributed by atoms with Crippen molar-refractivity contribution >= 4 is 0 Å². The highest BCUT2D eigenvalue weighted by molar-refractivity contribution is 4.97. The van der Waals surface area contributed by atoms with Crippen LogP contribution in [0.15, 0.2) is 4.52 Å². The topological polar surface area (TPSA) is 68.4 Å². The smallest absolute Gasteiger partial charge is 0.255 e. The molecule has 5 heteroatoms. The fourth-order valence-corrected chi connectivity index (χ4v) is 1.53. The van der Waals surface area contributed by atoms with Crippen molar-refractivity contribution in [2.75, 3.05) is 13.2 Å². The van der Waals surface area contributed by atoms with Gasteiger partial charge in [-0.25, -0.2) is 0 Å². The molecule has 1 fully saturated rings. The van der Waals surface area contributed by atoms with Crippen LogP contribution in [0.4, 0.5) is 0 Å². The van der Waals surface area contributed by atoms with Gasteiger partial charge < -0.3 is 14.4 Å². The molecule has 1 aliphatic heterocycles. The van der Waals surface area contributed by atoms with E-state index in [2.05, 4.69) is 10.1 Å². The van der Waals surface area contributed by atoms with Crippen LogP contribution in [0.25, 0.3) is 0 Å². The highest BCUT2D eigenvalue weighted by atomic mass is 16.5. The van der Waals surface area contributed by atoms with E-state index >= 15 is 0 Å². The summed E-state index contributed by atoms with van der Waals surface area (Å²) in [7, 11) is 0. The second kappa shape index (κ2) is 4.06. The lowest BCUT2D eigenvalue weighted by Gasteiger charge is -2.18. The van der Waals surface area contributed by atoms with Crippen molar-refractivity contribution in [1.82, 2.24) is 10.1 Å². The van der Waals surface area contributed by atoms with E-state index in [9.17, 15) is 5.11 Å². The SMILES string of the molecule is C[C@H](O)c1nc(C2CCCOC2)no1. The molecule has 1 unspecified atom stereocenters. The lowest BCUT2D eigenvalue weighted by atomic mass is 10.0. The summed E-state index contributed by atoms with van der Waals surface area (Å²) in [5, 5.41) is 13.0. The van der Waals surface area contributed by atoms with E-state index in [1.165, 1.54) is 0 Å². The van der Waals surface area contributed by atoms with Crippen LogP contribution in [-0.2, 0) is 4.74 Å².